The molecule has 1 aliphatic heterocycles. The number of pyridine rings is 1. The molecule has 0 aliphatic carbocycles. The zero-order valence-corrected chi connectivity index (χ0v) is 13.4. The maximum absolute atomic E-state index is 11.3. The SMILES string of the molecule is O=[N+]([O-])c1cnc2ccc(I)cc2c1NC1CCCOC1. The molecule has 2 heterocycles. The second kappa shape index (κ2) is 6.10. The first-order chi connectivity index (χ1) is 10.1. The summed E-state index contributed by atoms with van der Waals surface area (Å²) in [4.78, 5) is 15.1. The van der Waals surface area contributed by atoms with Gasteiger partial charge in [-0.25, -0.2) is 4.98 Å². The average Bonchev–Trinajstić information content (AvgIpc) is 2.48. The quantitative estimate of drug-likeness (QED) is 0.487. The summed E-state index contributed by atoms with van der Waals surface area (Å²) in [6, 6.07) is 5.83. The largest absolute Gasteiger partial charge is 0.379 e. The van der Waals surface area contributed by atoms with Gasteiger partial charge in [0.1, 0.15) is 11.9 Å². The van der Waals surface area contributed by atoms with Crippen molar-refractivity contribution in [3.8, 4) is 0 Å². The smallest absolute Gasteiger partial charge is 0.311 e. The zero-order valence-electron chi connectivity index (χ0n) is 11.2. The van der Waals surface area contributed by atoms with Crippen LogP contribution in [0.5, 0.6) is 0 Å². The molecule has 0 amide bonds. The van der Waals surface area contributed by atoms with Gasteiger partial charge in [0.25, 0.3) is 0 Å². The van der Waals surface area contributed by atoms with Crippen molar-refractivity contribution in [3.63, 3.8) is 0 Å². The van der Waals surface area contributed by atoms with Crippen molar-refractivity contribution in [2.45, 2.75) is 18.9 Å². The maximum Gasteiger partial charge on any atom is 0.311 e. The molecule has 1 aromatic heterocycles. The second-order valence-corrected chi connectivity index (χ2v) is 6.24. The van der Waals surface area contributed by atoms with Crippen molar-refractivity contribution in [1.82, 2.24) is 4.98 Å². The minimum Gasteiger partial charge on any atom is -0.379 e. The molecule has 7 heteroatoms. The summed E-state index contributed by atoms with van der Waals surface area (Å²) in [5.74, 6) is 0. The minimum absolute atomic E-state index is 0.00933. The lowest BCUT2D eigenvalue weighted by molar-refractivity contribution is -0.384. The van der Waals surface area contributed by atoms with Gasteiger partial charge in [0.2, 0.25) is 0 Å². The minimum atomic E-state index is -0.391. The molecule has 1 aliphatic rings. The van der Waals surface area contributed by atoms with Gasteiger partial charge in [-0.2, -0.15) is 0 Å². The lowest BCUT2D eigenvalue weighted by atomic mass is 10.1. The molecule has 6 nitrogen and oxygen atoms in total. The van der Waals surface area contributed by atoms with Crippen molar-refractivity contribution < 1.29 is 9.66 Å². The molecule has 1 atom stereocenters. The maximum atomic E-state index is 11.3. The number of ether oxygens (including phenoxy) is 1. The number of hydrogen-bond donors (Lipinski definition) is 1. The summed E-state index contributed by atoms with van der Waals surface area (Å²) < 4.78 is 6.46. The van der Waals surface area contributed by atoms with Crippen molar-refractivity contribution in [1.29, 1.82) is 0 Å². The van der Waals surface area contributed by atoms with E-state index < -0.39 is 4.92 Å². The van der Waals surface area contributed by atoms with E-state index in [0.29, 0.717) is 12.3 Å². The highest BCUT2D eigenvalue weighted by Gasteiger charge is 2.22. The predicted octanol–water partition coefficient (Wildman–Crippen LogP) is 3.34. The van der Waals surface area contributed by atoms with E-state index in [-0.39, 0.29) is 11.7 Å². The number of anilines is 1. The van der Waals surface area contributed by atoms with E-state index in [0.717, 1.165) is 33.9 Å². The third-order valence-corrected chi connectivity index (χ3v) is 4.19. The van der Waals surface area contributed by atoms with E-state index in [9.17, 15) is 10.1 Å². The monoisotopic (exact) mass is 399 g/mol. The van der Waals surface area contributed by atoms with Crippen molar-refractivity contribution in [2.24, 2.45) is 0 Å². The van der Waals surface area contributed by atoms with Gasteiger partial charge in [-0.3, -0.25) is 10.1 Å². The molecule has 1 unspecified atom stereocenters. The molecule has 1 fully saturated rings. The molecule has 1 N–H and O–H groups in total. The average molecular weight is 399 g/mol. The van der Waals surface area contributed by atoms with Crippen molar-refractivity contribution >= 4 is 44.9 Å². The summed E-state index contributed by atoms with van der Waals surface area (Å²) in [5.41, 5.74) is 1.30. The van der Waals surface area contributed by atoms with Gasteiger partial charge in [-0.1, -0.05) is 0 Å². The van der Waals surface area contributed by atoms with E-state index >= 15 is 0 Å². The highest BCUT2D eigenvalue weighted by atomic mass is 127. The van der Waals surface area contributed by atoms with Crippen molar-refractivity contribution in [3.05, 3.63) is 38.1 Å². The summed E-state index contributed by atoms with van der Waals surface area (Å²) in [6.07, 6.45) is 3.23. The lowest BCUT2D eigenvalue weighted by Gasteiger charge is -2.24. The third kappa shape index (κ3) is 3.08. The van der Waals surface area contributed by atoms with E-state index in [1.165, 1.54) is 6.20 Å². The number of fused-ring (bicyclic) bond motifs is 1. The van der Waals surface area contributed by atoms with Crippen LogP contribution < -0.4 is 5.32 Å². The van der Waals surface area contributed by atoms with Crippen LogP contribution in [0.4, 0.5) is 11.4 Å². The number of halogens is 1. The number of benzene rings is 1. The van der Waals surface area contributed by atoms with Crippen LogP contribution in [0.2, 0.25) is 0 Å². The van der Waals surface area contributed by atoms with Crippen LogP contribution in [0.25, 0.3) is 10.9 Å². The highest BCUT2D eigenvalue weighted by molar-refractivity contribution is 14.1. The molecule has 0 saturated carbocycles. The van der Waals surface area contributed by atoms with Gasteiger partial charge in [0.05, 0.1) is 17.0 Å². The number of rotatable bonds is 3. The van der Waals surface area contributed by atoms with Gasteiger partial charge >= 0.3 is 5.69 Å². The Bertz CT molecular complexity index is 686. The molecular formula is C14H14IN3O3. The second-order valence-electron chi connectivity index (χ2n) is 5.00. The molecule has 21 heavy (non-hydrogen) atoms. The van der Waals surface area contributed by atoms with Crippen LogP contribution in [0, 0.1) is 13.7 Å². The van der Waals surface area contributed by atoms with Crippen LogP contribution >= 0.6 is 22.6 Å². The van der Waals surface area contributed by atoms with Crippen LogP contribution in [0.15, 0.2) is 24.4 Å². The van der Waals surface area contributed by atoms with Crippen LogP contribution in [0.1, 0.15) is 12.8 Å². The first-order valence-electron chi connectivity index (χ1n) is 6.72. The number of hydrogen-bond acceptors (Lipinski definition) is 5. The third-order valence-electron chi connectivity index (χ3n) is 3.52. The Labute approximate surface area is 135 Å². The highest BCUT2D eigenvalue weighted by Crippen LogP contribution is 2.33. The Balaban J connectivity index is 2.08. The Kier molecular flexibility index (Phi) is 4.20. The Morgan fingerprint density at radius 1 is 1.48 bits per heavy atom. The van der Waals surface area contributed by atoms with Gasteiger partial charge in [0, 0.05) is 21.6 Å². The van der Waals surface area contributed by atoms with E-state index in [1.807, 2.05) is 18.2 Å². The van der Waals surface area contributed by atoms with Gasteiger partial charge in [-0.05, 0) is 53.6 Å². The molecular weight excluding hydrogens is 385 g/mol. The standard InChI is InChI=1S/C14H14IN3O3/c15-9-3-4-12-11(6-9)14(13(7-16-12)18(19)20)17-10-2-1-5-21-8-10/h3-4,6-7,10H,1-2,5,8H2,(H,16,17). The predicted molar refractivity (Wildman–Crippen MR) is 88.6 cm³/mol. The van der Waals surface area contributed by atoms with Crippen LogP contribution in [-0.4, -0.2) is 29.2 Å². The van der Waals surface area contributed by atoms with Crippen LogP contribution in [0.3, 0.4) is 0 Å². The topological polar surface area (TPSA) is 77.3 Å². The van der Waals surface area contributed by atoms with Gasteiger partial charge < -0.3 is 10.1 Å². The van der Waals surface area contributed by atoms with E-state index in [2.05, 4.69) is 32.9 Å². The molecule has 0 spiro atoms. The molecule has 1 saturated heterocycles. The molecule has 2 aromatic rings. The zero-order chi connectivity index (χ0) is 14.8. The first kappa shape index (κ1) is 14.5. The summed E-state index contributed by atoms with van der Waals surface area (Å²) in [5, 5.41) is 15.4. The normalized spacial score (nSPS) is 18.6. The Morgan fingerprint density at radius 3 is 3.05 bits per heavy atom. The van der Waals surface area contributed by atoms with E-state index in [1.54, 1.807) is 0 Å². The van der Waals surface area contributed by atoms with Gasteiger partial charge in [0.15, 0.2) is 0 Å². The molecule has 1 aromatic carbocycles. The number of nitrogens with zero attached hydrogens (tertiary/aromatic N) is 2. The fourth-order valence-corrected chi connectivity index (χ4v) is 2.99. The fraction of sp³-hybridized carbons (Fsp3) is 0.357. The van der Waals surface area contributed by atoms with Crippen LogP contribution in [-0.2, 0) is 4.74 Å². The Morgan fingerprint density at radius 2 is 2.33 bits per heavy atom. The van der Waals surface area contributed by atoms with E-state index in [4.69, 9.17) is 4.74 Å². The lowest BCUT2D eigenvalue weighted by Crippen LogP contribution is -2.30. The fourth-order valence-electron chi connectivity index (χ4n) is 2.50. The number of aromatic nitrogens is 1. The summed E-state index contributed by atoms with van der Waals surface area (Å²) >= 11 is 2.19. The van der Waals surface area contributed by atoms with Gasteiger partial charge in [-0.15, -0.1) is 0 Å². The summed E-state index contributed by atoms with van der Waals surface area (Å²) in [6.45, 7) is 1.33. The molecule has 0 radical (unpaired) electrons. The Hall–Kier alpha value is -1.48. The summed E-state index contributed by atoms with van der Waals surface area (Å²) in [7, 11) is 0. The van der Waals surface area contributed by atoms with Crippen molar-refractivity contribution in [2.75, 3.05) is 18.5 Å². The molecule has 110 valence electrons. The molecule has 3 rings (SSSR count). The number of nitro groups is 1. The number of nitrogens with one attached hydrogen (secondary N) is 1. The molecule has 0 bridgehead atoms. The first-order valence-corrected chi connectivity index (χ1v) is 7.80.